The van der Waals surface area contributed by atoms with Crippen molar-refractivity contribution >= 4 is 43.6 Å². The van der Waals surface area contributed by atoms with E-state index in [2.05, 4.69) is 149 Å². The molecule has 8 aromatic carbocycles. The van der Waals surface area contributed by atoms with Gasteiger partial charge in [0.05, 0.1) is 33.4 Å². The summed E-state index contributed by atoms with van der Waals surface area (Å²) in [4.78, 5) is 0. The first kappa shape index (κ1) is 30.1. The fourth-order valence-electron chi connectivity index (χ4n) is 8.02. The van der Waals surface area contributed by atoms with Crippen LogP contribution in [0.25, 0.3) is 88.4 Å². The highest BCUT2D eigenvalue weighted by molar-refractivity contribution is 6.11. The molecule has 0 aliphatic rings. The zero-order valence-electron chi connectivity index (χ0n) is 28.0. The molecule has 0 amide bonds. The number of aromatic nitrogens is 2. The number of hydrogen-bond acceptors (Lipinski definition) is 0. The van der Waals surface area contributed by atoms with Crippen molar-refractivity contribution in [3.8, 4) is 44.8 Å². The summed E-state index contributed by atoms with van der Waals surface area (Å²) in [7, 11) is 0. The number of nitrogens with zero attached hydrogens (tertiary/aromatic N) is 2. The monoisotopic (exact) mass is 672 g/mol. The van der Waals surface area contributed by atoms with Crippen molar-refractivity contribution in [1.29, 1.82) is 0 Å². The molecule has 10 rings (SSSR count). The van der Waals surface area contributed by atoms with Gasteiger partial charge in [-0.05, 0) is 89.0 Å². The minimum absolute atomic E-state index is 0.476. The summed E-state index contributed by atoms with van der Waals surface area (Å²) in [6.45, 7) is 0. The van der Waals surface area contributed by atoms with E-state index in [1.807, 2.05) is 24.3 Å². The van der Waals surface area contributed by atoms with Gasteiger partial charge in [0.25, 0.3) is 0 Å². The molecule has 0 aliphatic carbocycles. The van der Waals surface area contributed by atoms with E-state index in [-0.39, 0.29) is 0 Å². The van der Waals surface area contributed by atoms with Crippen LogP contribution in [0.3, 0.4) is 0 Å². The molecule has 0 radical (unpaired) electrons. The lowest BCUT2D eigenvalue weighted by atomic mass is 9.92. The van der Waals surface area contributed by atoms with Gasteiger partial charge in [-0.2, -0.15) is 0 Å². The summed E-state index contributed by atoms with van der Waals surface area (Å²) in [6.07, 6.45) is 0. The number of para-hydroxylation sites is 6. The van der Waals surface area contributed by atoms with Crippen LogP contribution in [0.1, 0.15) is 0 Å². The van der Waals surface area contributed by atoms with E-state index >= 15 is 0 Å². The van der Waals surface area contributed by atoms with Gasteiger partial charge in [0.15, 0.2) is 0 Å². The molecule has 246 valence electrons. The molecule has 0 spiro atoms. The molecule has 4 heteroatoms. The first-order chi connectivity index (χ1) is 25.6. The maximum atomic E-state index is 14.8. The van der Waals surface area contributed by atoms with Crippen molar-refractivity contribution in [3.63, 3.8) is 0 Å². The smallest absolute Gasteiger partial charge is 0.126 e. The standard InChI is InChI=1S/C48H30F2N2/c49-35-28-32(29-36(50)30-35)31-25-33(37-13-1-7-19-43(37)51-45-21-9-3-15-39(45)40-16-4-10-22-46(40)51)27-34(26-31)38-14-2-8-20-44(38)52-47-23-11-5-17-41(47)42-18-6-12-24-48(42)52/h1-30H. The lowest BCUT2D eigenvalue weighted by molar-refractivity contribution is 0.584. The third-order valence-corrected chi connectivity index (χ3v) is 10.2. The lowest BCUT2D eigenvalue weighted by Crippen LogP contribution is -1.99. The lowest BCUT2D eigenvalue weighted by Gasteiger charge is -2.18. The van der Waals surface area contributed by atoms with Crippen LogP contribution in [0.15, 0.2) is 182 Å². The van der Waals surface area contributed by atoms with E-state index < -0.39 is 11.6 Å². The Morgan fingerprint density at radius 3 is 1.00 bits per heavy atom. The molecule has 10 aromatic rings. The summed E-state index contributed by atoms with van der Waals surface area (Å²) in [5.41, 5.74) is 11.5. The highest BCUT2D eigenvalue weighted by atomic mass is 19.1. The zero-order chi connectivity index (χ0) is 34.8. The summed E-state index contributed by atoms with van der Waals surface area (Å²) in [5.74, 6) is -1.23. The van der Waals surface area contributed by atoms with Crippen molar-refractivity contribution in [2.75, 3.05) is 0 Å². The van der Waals surface area contributed by atoms with E-state index in [9.17, 15) is 8.78 Å². The largest absolute Gasteiger partial charge is 0.309 e. The number of fused-ring (bicyclic) bond motifs is 6. The Morgan fingerprint density at radius 1 is 0.288 bits per heavy atom. The van der Waals surface area contributed by atoms with Gasteiger partial charge in [-0.1, -0.05) is 109 Å². The normalized spacial score (nSPS) is 11.7. The van der Waals surface area contributed by atoms with E-state index in [4.69, 9.17) is 0 Å². The van der Waals surface area contributed by atoms with E-state index in [0.717, 1.165) is 67.3 Å². The van der Waals surface area contributed by atoms with Crippen LogP contribution in [0.5, 0.6) is 0 Å². The second kappa shape index (κ2) is 11.9. The van der Waals surface area contributed by atoms with Gasteiger partial charge in [0, 0.05) is 38.7 Å². The Morgan fingerprint density at radius 2 is 0.596 bits per heavy atom. The van der Waals surface area contributed by atoms with E-state index in [1.165, 1.54) is 33.7 Å². The van der Waals surface area contributed by atoms with Crippen molar-refractivity contribution in [1.82, 2.24) is 9.13 Å². The van der Waals surface area contributed by atoms with Gasteiger partial charge in [-0.25, -0.2) is 8.78 Å². The molecule has 0 fully saturated rings. The van der Waals surface area contributed by atoms with Crippen molar-refractivity contribution in [2.45, 2.75) is 0 Å². The summed E-state index contributed by atoms with van der Waals surface area (Å²) in [5, 5.41) is 4.71. The highest BCUT2D eigenvalue weighted by Crippen LogP contribution is 2.41. The SMILES string of the molecule is Fc1cc(F)cc(-c2cc(-c3ccccc3-n3c4ccccc4c4ccccc43)cc(-c3ccccc3-n3c4ccccc4c4ccccc43)c2)c1. The molecule has 0 bridgehead atoms. The van der Waals surface area contributed by atoms with Gasteiger partial charge < -0.3 is 9.13 Å². The van der Waals surface area contributed by atoms with Gasteiger partial charge in [-0.15, -0.1) is 0 Å². The molecule has 0 aliphatic heterocycles. The fraction of sp³-hybridized carbons (Fsp3) is 0. The minimum atomic E-state index is -0.613. The van der Waals surface area contributed by atoms with Crippen LogP contribution in [0, 0.1) is 11.6 Å². The summed E-state index contributed by atoms with van der Waals surface area (Å²) in [6, 6.07) is 60.7. The molecule has 0 saturated heterocycles. The van der Waals surface area contributed by atoms with Gasteiger partial charge in [0.1, 0.15) is 11.6 Å². The van der Waals surface area contributed by atoms with Gasteiger partial charge in [0.2, 0.25) is 0 Å². The van der Waals surface area contributed by atoms with E-state index in [1.54, 1.807) is 0 Å². The Kier molecular flexibility index (Phi) is 6.90. The minimum Gasteiger partial charge on any atom is -0.309 e. The third kappa shape index (κ3) is 4.76. The highest BCUT2D eigenvalue weighted by Gasteiger charge is 2.19. The first-order valence-corrected chi connectivity index (χ1v) is 17.4. The molecule has 0 N–H and O–H groups in total. The predicted octanol–water partition coefficient (Wildman–Crippen LogP) is 13.2. The molecule has 0 unspecified atom stereocenters. The number of benzene rings is 8. The van der Waals surface area contributed by atoms with Crippen LogP contribution in [-0.2, 0) is 0 Å². The Bertz CT molecular complexity index is 2700. The predicted molar refractivity (Wildman–Crippen MR) is 211 cm³/mol. The Hall–Kier alpha value is -6.78. The molecular formula is C48H30F2N2. The number of rotatable bonds is 5. The molecule has 0 atom stereocenters. The zero-order valence-corrected chi connectivity index (χ0v) is 28.0. The maximum absolute atomic E-state index is 14.8. The topological polar surface area (TPSA) is 9.86 Å². The molecule has 52 heavy (non-hydrogen) atoms. The molecule has 2 heterocycles. The molecule has 2 aromatic heterocycles. The third-order valence-electron chi connectivity index (χ3n) is 10.2. The average Bonchev–Trinajstić information content (AvgIpc) is 3.70. The van der Waals surface area contributed by atoms with Crippen LogP contribution >= 0.6 is 0 Å². The Labute approximate surface area is 299 Å². The first-order valence-electron chi connectivity index (χ1n) is 17.4. The Balaban J connectivity index is 1.26. The average molecular weight is 673 g/mol. The van der Waals surface area contributed by atoms with Crippen molar-refractivity contribution < 1.29 is 8.78 Å². The summed E-state index contributed by atoms with van der Waals surface area (Å²) < 4.78 is 34.3. The summed E-state index contributed by atoms with van der Waals surface area (Å²) >= 11 is 0. The quantitative estimate of drug-likeness (QED) is 0.172. The maximum Gasteiger partial charge on any atom is 0.126 e. The molecule has 2 nitrogen and oxygen atoms in total. The van der Waals surface area contributed by atoms with Crippen LogP contribution in [0.4, 0.5) is 8.78 Å². The van der Waals surface area contributed by atoms with Crippen molar-refractivity contribution in [3.05, 3.63) is 194 Å². The van der Waals surface area contributed by atoms with E-state index in [0.29, 0.717) is 5.56 Å². The fourth-order valence-corrected chi connectivity index (χ4v) is 8.02. The molecular weight excluding hydrogens is 643 g/mol. The second-order valence-corrected chi connectivity index (χ2v) is 13.2. The van der Waals surface area contributed by atoms with Crippen LogP contribution < -0.4 is 0 Å². The van der Waals surface area contributed by atoms with Crippen LogP contribution in [-0.4, -0.2) is 9.13 Å². The number of hydrogen-bond donors (Lipinski definition) is 0. The van der Waals surface area contributed by atoms with Gasteiger partial charge in [-0.3, -0.25) is 0 Å². The number of halogens is 2. The van der Waals surface area contributed by atoms with Crippen LogP contribution in [0.2, 0.25) is 0 Å². The molecule has 0 saturated carbocycles. The van der Waals surface area contributed by atoms with Gasteiger partial charge >= 0.3 is 0 Å². The van der Waals surface area contributed by atoms with Crippen molar-refractivity contribution in [2.24, 2.45) is 0 Å². The second-order valence-electron chi connectivity index (χ2n) is 13.2.